The minimum absolute atomic E-state index is 0.322. The van der Waals surface area contributed by atoms with Gasteiger partial charge >= 0.3 is 0 Å². The minimum atomic E-state index is -3.39. The highest BCUT2D eigenvalue weighted by atomic mass is 35.5. The first kappa shape index (κ1) is 15.2. The van der Waals surface area contributed by atoms with E-state index in [1.54, 1.807) is 28.6 Å². The van der Waals surface area contributed by atoms with E-state index in [0.717, 1.165) is 32.6 Å². The highest BCUT2D eigenvalue weighted by Gasteiger charge is 2.31. The van der Waals surface area contributed by atoms with E-state index in [1.807, 2.05) is 0 Å². The maximum atomic E-state index is 12.6. The van der Waals surface area contributed by atoms with Gasteiger partial charge in [0.2, 0.25) is 10.0 Å². The summed E-state index contributed by atoms with van der Waals surface area (Å²) in [7, 11) is -3.39. The van der Waals surface area contributed by atoms with Crippen molar-refractivity contribution < 1.29 is 8.42 Å². The molecule has 1 N–H and O–H groups in total. The van der Waals surface area contributed by atoms with Crippen LogP contribution in [0, 0.1) is 0 Å². The van der Waals surface area contributed by atoms with E-state index in [4.69, 9.17) is 11.6 Å². The number of nitrogens with one attached hydrogen (secondary N) is 1. The molecule has 2 fully saturated rings. The minimum Gasteiger partial charge on any atom is -0.315 e. The molecule has 0 aliphatic carbocycles. The lowest BCUT2D eigenvalue weighted by Crippen LogP contribution is -2.52. The van der Waals surface area contributed by atoms with Crippen molar-refractivity contribution in [2.75, 3.05) is 39.3 Å². The quantitative estimate of drug-likeness (QED) is 0.899. The molecule has 7 heteroatoms. The number of halogens is 1. The van der Waals surface area contributed by atoms with E-state index in [1.165, 1.54) is 0 Å². The zero-order chi connectivity index (χ0) is 14.9. The predicted molar refractivity (Wildman–Crippen MR) is 83.1 cm³/mol. The summed E-state index contributed by atoms with van der Waals surface area (Å²) in [5, 5.41) is 3.90. The molecular weight excluding hydrogens is 310 g/mol. The maximum absolute atomic E-state index is 12.6. The van der Waals surface area contributed by atoms with Crippen LogP contribution in [0.5, 0.6) is 0 Å². The van der Waals surface area contributed by atoms with Crippen LogP contribution in [0.15, 0.2) is 29.2 Å². The van der Waals surface area contributed by atoms with Gasteiger partial charge in [-0.2, -0.15) is 4.31 Å². The van der Waals surface area contributed by atoms with Gasteiger partial charge in [-0.05, 0) is 37.2 Å². The van der Waals surface area contributed by atoms with E-state index >= 15 is 0 Å². The zero-order valence-corrected chi connectivity index (χ0v) is 13.4. The summed E-state index contributed by atoms with van der Waals surface area (Å²) in [6.07, 6.45) is 1.16. The predicted octanol–water partition coefficient (Wildman–Crippen LogP) is 1.01. The Hall–Kier alpha value is -0.660. The van der Waals surface area contributed by atoms with Crippen molar-refractivity contribution in [1.29, 1.82) is 0 Å². The van der Waals surface area contributed by atoms with Crippen molar-refractivity contribution in [2.24, 2.45) is 0 Å². The van der Waals surface area contributed by atoms with E-state index < -0.39 is 10.0 Å². The van der Waals surface area contributed by atoms with Crippen LogP contribution in [0.1, 0.15) is 6.42 Å². The summed E-state index contributed by atoms with van der Waals surface area (Å²) < 4.78 is 26.7. The van der Waals surface area contributed by atoms with E-state index in [0.29, 0.717) is 29.0 Å². The number of rotatable bonds is 3. The molecular formula is C14H20ClN3O2S. The lowest BCUT2D eigenvalue weighted by atomic mass is 10.2. The average molecular weight is 330 g/mol. The standard InChI is InChI=1S/C14H20ClN3O2S/c15-12-1-3-14(4-2-12)21(19,20)18-9-7-17(8-10-18)13-5-6-16-11-13/h1-4,13,16H,5-11H2. The maximum Gasteiger partial charge on any atom is 0.243 e. The number of benzene rings is 1. The van der Waals surface area contributed by atoms with Gasteiger partial charge in [0.25, 0.3) is 0 Å². The summed E-state index contributed by atoms with van der Waals surface area (Å²) >= 11 is 5.82. The number of hydrogen-bond acceptors (Lipinski definition) is 4. The van der Waals surface area contributed by atoms with Crippen molar-refractivity contribution in [2.45, 2.75) is 17.4 Å². The van der Waals surface area contributed by atoms with Gasteiger partial charge in [0.1, 0.15) is 0 Å². The van der Waals surface area contributed by atoms with Crippen molar-refractivity contribution in [1.82, 2.24) is 14.5 Å². The van der Waals surface area contributed by atoms with Crippen LogP contribution in [0.25, 0.3) is 0 Å². The van der Waals surface area contributed by atoms with Crippen molar-refractivity contribution in [3.8, 4) is 0 Å². The van der Waals surface area contributed by atoms with Crippen LogP contribution in [0.3, 0.4) is 0 Å². The third-order valence-electron chi connectivity index (χ3n) is 4.28. The Morgan fingerprint density at radius 3 is 2.33 bits per heavy atom. The van der Waals surface area contributed by atoms with Crippen molar-refractivity contribution >= 4 is 21.6 Å². The largest absolute Gasteiger partial charge is 0.315 e. The van der Waals surface area contributed by atoms with E-state index in [9.17, 15) is 8.42 Å². The molecule has 2 saturated heterocycles. The summed E-state index contributed by atoms with van der Waals surface area (Å²) in [6.45, 7) is 4.80. The molecule has 1 atom stereocenters. The van der Waals surface area contributed by atoms with Gasteiger partial charge in [0.15, 0.2) is 0 Å². The molecule has 2 aliphatic rings. The molecule has 0 amide bonds. The molecule has 0 aromatic heterocycles. The molecule has 0 saturated carbocycles. The molecule has 21 heavy (non-hydrogen) atoms. The summed E-state index contributed by atoms with van der Waals surface area (Å²) in [4.78, 5) is 2.72. The van der Waals surface area contributed by atoms with E-state index in [-0.39, 0.29) is 0 Å². The Bertz CT molecular complexity index is 577. The fourth-order valence-electron chi connectivity index (χ4n) is 3.02. The van der Waals surface area contributed by atoms with Gasteiger partial charge in [-0.15, -0.1) is 0 Å². The first-order chi connectivity index (χ1) is 10.1. The highest BCUT2D eigenvalue weighted by molar-refractivity contribution is 7.89. The van der Waals surface area contributed by atoms with Crippen LogP contribution >= 0.6 is 11.6 Å². The first-order valence-electron chi connectivity index (χ1n) is 7.28. The Labute approximate surface area is 130 Å². The summed E-state index contributed by atoms with van der Waals surface area (Å²) in [5.41, 5.74) is 0. The third kappa shape index (κ3) is 3.24. The molecule has 5 nitrogen and oxygen atoms in total. The van der Waals surface area contributed by atoms with Crippen LogP contribution in [-0.2, 0) is 10.0 Å². The molecule has 3 rings (SSSR count). The van der Waals surface area contributed by atoms with Gasteiger partial charge in [-0.3, -0.25) is 4.90 Å². The fraction of sp³-hybridized carbons (Fsp3) is 0.571. The van der Waals surface area contributed by atoms with E-state index in [2.05, 4.69) is 10.2 Å². The SMILES string of the molecule is O=S(=O)(c1ccc(Cl)cc1)N1CCN(C2CCNC2)CC1. The molecule has 0 bridgehead atoms. The molecule has 0 spiro atoms. The van der Waals surface area contributed by atoms with Crippen molar-refractivity contribution in [3.05, 3.63) is 29.3 Å². The Balaban J connectivity index is 1.66. The van der Waals surface area contributed by atoms with Gasteiger partial charge < -0.3 is 5.32 Å². The summed E-state index contributed by atoms with van der Waals surface area (Å²) in [5.74, 6) is 0. The molecule has 2 heterocycles. The second kappa shape index (κ2) is 6.22. The number of sulfonamides is 1. The molecule has 116 valence electrons. The Kier molecular flexibility index (Phi) is 4.51. The second-order valence-electron chi connectivity index (χ2n) is 5.54. The number of hydrogen-bond donors (Lipinski definition) is 1. The fourth-order valence-corrected chi connectivity index (χ4v) is 4.56. The molecule has 2 aliphatic heterocycles. The normalized spacial score (nSPS) is 25.3. The molecule has 0 radical (unpaired) electrons. The van der Waals surface area contributed by atoms with Crippen LogP contribution in [-0.4, -0.2) is 62.9 Å². The Morgan fingerprint density at radius 1 is 1.10 bits per heavy atom. The lowest BCUT2D eigenvalue weighted by molar-refractivity contribution is 0.145. The van der Waals surface area contributed by atoms with Crippen LogP contribution < -0.4 is 5.32 Å². The van der Waals surface area contributed by atoms with Crippen LogP contribution in [0.4, 0.5) is 0 Å². The average Bonchev–Trinajstić information content (AvgIpc) is 3.02. The third-order valence-corrected chi connectivity index (χ3v) is 6.44. The monoisotopic (exact) mass is 329 g/mol. The highest BCUT2D eigenvalue weighted by Crippen LogP contribution is 2.21. The van der Waals surface area contributed by atoms with Gasteiger partial charge in [-0.1, -0.05) is 11.6 Å². The van der Waals surface area contributed by atoms with Crippen molar-refractivity contribution in [3.63, 3.8) is 0 Å². The smallest absolute Gasteiger partial charge is 0.243 e. The first-order valence-corrected chi connectivity index (χ1v) is 9.10. The zero-order valence-electron chi connectivity index (χ0n) is 11.8. The molecule has 1 aromatic carbocycles. The summed E-state index contributed by atoms with van der Waals surface area (Å²) in [6, 6.07) is 6.95. The molecule has 1 unspecified atom stereocenters. The second-order valence-corrected chi connectivity index (χ2v) is 7.91. The number of piperazine rings is 1. The van der Waals surface area contributed by atoms with Crippen LogP contribution in [0.2, 0.25) is 5.02 Å². The Morgan fingerprint density at radius 2 is 1.76 bits per heavy atom. The topological polar surface area (TPSA) is 52.7 Å². The van der Waals surface area contributed by atoms with Gasteiger partial charge in [0.05, 0.1) is 4.90 Å². The lowest BCUT2D eigenvalue weighted by Gasteiger charge is -2.37. The number of nitrogens with zero attached hydrogens (tertiary/aromatic N) is 2. The van der Waals surface area contributed by atoms with Gasteiger partial charge in [-0.25, -0.2) is 8.42 Å². The molecule has 1 aromatic rings. The van der Waals surface area contributed by atoms with Gasteiger partial charge in [0, 0.05) is 43.8 Å².